The van der Waals surface area contributed by atoms with Crippen LogP contribution in [-0.4, -0.2) is 104 Å². The maximum Gasteiger partial charge on any atom is 0.271 e. The van der Waals surface area contributed by atoms with Crippen LogP contribution in [-0.2, 0) is 25.7 Å². The van der Waals surface area contributed by atoms with Crippen LogP contribution in [0.25, 0.3) is 0 Å². The van der Waals surface area contributed by atoms with Crippen molar-refractivity contribution in [1.29, 1.82) is 0 Å². The van der Waals surface area contributed by atoms with Crippen LogP contribution in [0.1, 0.15) is 71.1 Å². The SMILES string of the molecule is CC(C)C[C@H]1NC(=O)C([C@H](C)O)NC(=O)[C@@H]2CSSC[C@H](NC(=O)c3csc1n3)C(=O)N[C@@H]([C@H](C)O)C(=O)NCc1nc(cs1)C(=O)N2. The number of rotatable bonds is 4. The third-order valence-corrected chi connectivity index (χ3v) is 11.4. The molecule has 0 aromatic carbocycles. The Morgan fingerprint density at radius 2 is 1.23 bits per heavy atom. The molecule has 0 saturated carbocycles. The quantitative estimate of drug-likeness (QED) is 0.184. The minimum Gasteiger partial charge on any atom is -0.391 e. The second-order valence-electron chi connectivity index (χ2n) is 11.7. The number of aliphatic hydroxyl groups is 2. The highest BCUT2D eigenvalue weighted by Crippen LogP contribution is 2.27. The molecule has 262 valence electrons. The van der Waals surface area contributed by atoms with E-state index >= 15 is 0 Å². The van der Waals surface area contributed by atoms with Gasteiger partial charge in [-0.05, 0) is 26.2 Å². The predicted molar refractivity (Wildman–Crippen MR) is 181 cm³/mol. The molecular weight excluding hydrogens is 705 g/mol. The molecule has 16 nitrogen and oxygen atoms in total. The fourth-order valence-electron chi connectivity index (χ4n) is 4.66. The van der Waals surface area contributed by atoms with Gasteiger partial charge in [0.15, 0.2) is 0 Å². The zero-order chi connectivity index (χ0) is 35.1. The van der Waals surface area contributed by atoms with Crippen LogP contribution in [0, 0.1) is 5.92 Å². The molecular formula is C28H38N8O8S4. The van der Waals surface area contributed by atoms with Crippen LogP contribution in [0.3, 0.4) is 0 Å². The summed E-state index contributed by atoms with van der Waals surface area (Å²) in [4.78, 5) is 88.9. The molecule has 0 aliphatic carbocycles. The monoisotopic (exact) mass is 742 g/mol. The number of aliphatic hydroxyl groups excluding tert-OH is 2. The molecule has 48 heavy (non-hydrogen) atoms. The van der Waals surface area contributed by atoms with E-state index in [0.29, 0.717) is 16.4 Å². The summed E-state index contributed by atoms with van der Waals surface area (Å²) in [5.41, 5.74) is -0.0266. The number of nitrogens with zero attached hydrogens (tertiary/aromatic N) is 2. The highest BCUT2D eigenvalue weighted by atomic mass is 33.1. The number of aromatic nitrogens is 2. The van der Waals surface area contributed by atoms with E-state index in [1.165, 1.54) is 24.6 Å². The zero-order valence-corrected chi connectivity index (χ0v) is 29.7. The largest absolute Gasteiger partial charge is 0.391 e. The molecule has 2 aromatic rings. The van der Waals surface area contributed by atoms with Gasteiger partial charge in [0.1, 0.15) is 45.6 Å². The van der Waals surface area contributed by atoms with E-state index in [4.69, 9.17) is 0 Å². The molecule has 6 amide bonds. The van der Waals surface area contributed by atoms with Crippen LogP contribution in [0.5, 0.6) is 0 Å². The fraction of sp³-hybridized carbons (Fsp3) is 0.571. The smallest absolute Gasteiger partial charge is 0.271 e. The number of nitrogens with one attached hydrogen (secondary N) is 6. The van der Waals surface area contributed by atoms with Crippen LogP contribution in [0.15, 0.2) is 10.8 Å². The first-order valence-electron chi connectivity index (χ1n) is 15.0. The summed E-state index contributed by atoms with van der Waals surface area (Å²) in [7, 11) is 2.20. The topological polar surface area (TPSA) is 241 Å². The Morgan fingerprint density at radius 1 is 0.708 bits per heavy atom. The van der Waals surface area contributed by atoms with E-state index in [9.17, 15) is 39.0 Å². The lowest BCUT2D eigenvalue weighted by molar-refractivity contribution is -0.132. The van der Waals surface area contributed by atoms with Crippen LogP contribution >= 0.6 is 44.3 Å². The van der Waals surface area contributed by atoms with Crippen molar-refractivity contribution in [3.8, 4) is 0 Å². The molecule has 7 atom stereocenters. The van der Waals surface area contributed by atoms with E-state index < -0.39 is 77.9 Å². The molecule has 8 N–H and O–H groups in total. The van der Waals surface area contributed by atoms with Gasteiger partial charge >= 0.3 is 0 Å². The number of carbonyl (C=O) groups excluding carboxylic acids is 6. The molecule has 0 radical (unpaired) electrons. The number of hydrogen-bond acceptors (Lipinski definition) is 14. The molecule has 2 aliphatic rings. The Balaban J connectivity index is 1.76. The molecule has 1 unspecified atom stereocenters. The molecule has 0 spiro atoms. The van der Waals surface area contributed by atoms with E-state index in [0.717, 1.165) is 44.3 Å². The first kappa shape index (κ1) is 37.5. The maximum atomic E-state index is 13.6. The Labute approximate surface area is 292 Å². The van der Waals surface area contributed by atoms with Crippen molar-refractivity contribution in [3.63, 3.8) is 0 Å². The summed E-state index contributed by atoms with van der Waals surface area (Å²) in [6, 6.07) is -5.89. The lowest BCUT2D eigenvalue weighted by Crippen LogP contribution is -2.58. The Kier molecular flexibility index (Phi) is 13.2. The van der Waals surface area contributed by atoms with Gasteiger partial charge < -0.3 is 42.1 Å². The van der Waals surface area contributed by atoms with Gasteiger partial charge in [-0.2, -0.15) is 0 Å². The Hall–Kier alpha value is -3.30. The zero-order valence-electron chi connectivity index (χ0n) is 26.5. The van der Waals surface area contributed by atoms with Crippen molar-refractivity contribution in [2.45, 2.75) is 83.1 Å². The highest BCUT2D eigenvalue weighted by Gasteiger charge is 2.35. The van der Waals surface area contributed by atoms with Crippen molar-refractivity contribution >= 4 is 79.7 Å². The van der Waals surface area contributed by atoms with Gasteiger partial charge in [0.2, 0.25) is 23.6 Å². The van der Waals surface area contributed by atoms with Crippen molar-refractivity contribution in [2.75, 3.05) is 11.5 Å². The summed E-state index contributed by atoms with van der Waals surface area (Å²) in [6.45, 7) is 6.42. The molecule has 0 saturated heterocycles. The molecule has 0 fully saturated rings. The first-order valence-corrected chi connectivity index (χ1v) is 19.3. The second-order valence-corrected chi connectivity index (χ2v) is 16.1. The normalized spacial score (nSPS) is 26.4. The number of thiazole rings is 2. The number of amides is 6. The Morgan fingerprint density at radius 3 is 1.77 bits per heavy atom. The average molecular weight is 743 g/mol. The van der Waals surface area contributed by atoms with Crippen LogP contribution < -0.4 is 31.9 Å². The summed E-state index contributed by atoms with van der Waals surface area (Å²) >= 11 is 2.19. The van der Waals surface area contributed by atoms with Gasteiger partial charge in [-0.25, -0.2) is 9.97 Å². The van der Waals surface area contributed by atoms with Crippen LogP contribution in [0.2, 0.25) is 0 Å². The second kappa shape index (κ2) is 16.9. The number of fused-ring (bicyclic) bond motifs is 9. The van der Waals surface area contributed by atoms with Gasteiger partial charge in [-0.3, -0.25) is 28.8 Å². The summed E-state index contributed by atoms with van der Waals surface area (Å²) in [6.07, 6.45) is -2.21. The molecule has 4 rings (SSSR count). The van der Waals surface area contributed by atoms with Gasteiger partial charge in [0.05, 0.1) is 24.8 Å². The lowest BCUT2D eigenvalue weighted by atomic mass is 10.0. The van der Waals surface area contributed by atoms with Crippen molar-refractivity contribution in [3.05, 3.63) is 32.2 Å². The molecule has 2 aromatic heterocycles. The predicted octanol–water partition coefficient (Wildman–Crippen LogP) is -0.544. The third-order valence-electron chi connectivity index (χ3n) is 7.20. The van der Waals surface area contributed by atoms with Crippen LogP contribution in [0.4, 0.5) is 0 Å². The minimum atomic E-state index is -1.39. The summed E-state index contributed by atoms with van der Waals surface area (Å²) in [5.74, 6) is -4.29. The fourth-order valence-corrected chi connectivity index (χ4v) is 8.56. The molecule has 20 heteroatoms. The van der Waals surface area contributed by atoms with E-state index in [-0.39, 0.29) is 35.4 Å². The molecule has 2 aliphatic heterocycles. The number of carbonyl (C=O) groups is 6. The first-order chi connectivity index (χ1) is 22.7. The van der Waals surface area contributed by atoms with Crippen molar-refractivity contribution in [1.82, 2.24) is 41.9 Å². The van der Waals surface area contributed by atoms with E-state index in [1.807, 2.05) is 13.8 Å². The maximum absolute atomic E-state index is 13.6. The Bertz CT molecular complexity index is 1520. The minimum absolute atomic E-state index is 0.00762. The van der Waals surface area contributed by atoms with Gasteiger partial charge in [0.25, 0.3) is 11.8 Å². The van der Waals surface area contributed by atoms with E-state index in [2.05, 4.69) is 41.9 Å². The molecule has 4 heterocycles. The highest BCUT2D eigenvalue weighted by molar-refractivity contribution is 8.76. The average Bonchev–Trinajstić information content (AvgIpc) is 3.71. The van der Waals surface area contributed by atoms with Crippen molar-refractivity contribution < 1.29 is 39.0 Å². The van der Waals surface area contributed by atoms with Crippen molar-refractivity contribution in [2.24, 2.45) is 5.92 Å². The summed E-state index contributed by atoms with van der Waals surface area (Å²) in [5, 5.41) is 40.4. The van der Waals surface area contributed by atoms with E-state index in [1.54, 1.807) is 0 Å². The molecule has 6 bridgehead atoms. The van der Waals surface area contributed by atoms with Gasteiger partial charge in [-0.1, -0.05) is 35.4 Å². The van der Waals surface area contributed by atoms with Gasteiger partial charge in [0, 0.05) is 22.3 Å². The standard InChI is InChI=1S/C28H38N8O8S4/c1-11(2)5-14-28-34-16(8-46-28)23(40)33-17-9-47-48-10-18(25(42)36-21(13(4)38)27(44)31-14)32-22(39)15-7-45-19(30-15)6-29-26(43)20(12(3)37)35-24(17)41/h7-8,11-14,17-18,20-21,37-38H,5-6,9-10H2,1-4H3,(H,29,43)(H,31,44)(H,32,39)(H,33,40)(H,35,41)(H,36,42)/t12-,13-,14+,17-,18-,20-,21?/m0/s1. The number of hydrogen-bond donors (Lipinski definition) is 8. The van der Waals surface area contributed by atoms with Gasteiger partial charge in [-0.15, -0.1) is 22.7 Å². The third kappa shape index (κ3) is 9.88. The lowest BCUT2D eigenvalue weighted by Gasteiger charge is -2.27. The summed E-state index contributed by atoms with van der Waals surface area (Å²) < 4.78 is 0.